The zero-order valence-corrected chi connectivity index (χ0v) is 15.0. The molecule has 2 rings (SSSR count). The molecule has 0 unspecified atom stereocenters. The number of nitrogens with one attached hydrogen (secondary N) is 2. The minimum atomic E-state index is -0.0598. The number of carbonyl (C=O) groups excluding carboxylic acids is 1. The summed E-state index contributed by atoms with van der Waals surface area (Å²) in [6.07, 6.45) is 1.34. The smallest absolute Gasteiger partial charge is 0.226 e. The van der Waals surface area contributed by atoms with Crippen molar-refractivity contribution in [2.75, 3.05) is 24.3 Å². The van der Waals surface area contributed by atoms with Gasteiger partial charge in [-0.15, -0.1) is 0 Å². The van der Waals surface area contributed by atoms with Crippen molar-refractivity contribution in [3.05, 3.63) is 52.5 Å². The third-order valence-corrected chi connectivity index (χ3v) is 4.12. The molecule has 0 fully saturated rings. The lowest BCUT2D eigenvalue weighted by Gasteiger charge is -2.14. The number of ether oxygens (including phenoxy) is 1. The third-order valence-electron chi connectivity index (χ3n) is 3.83. The normalized spacial score (nSPS) is 10.3. The van der Waals surface area contributed by atoms with Gasteiger partial charge in [0.15, 0.2) is 0 Å². The largest absolute Gasteiger partial charge is 0.495 e. The fourth-order valence-corrected chi connectivity index (χ4v) is 2.80. The highest BCUT2D eigenvalue weighted by molar-refractivity contribution is 6.32. The first-order valence-electron chi connectivity index (χ1n) is 8.01. The number of para-hydroxylation sites is 1. The zero-order chi connectivity index (χ0) is 17.5. The Morgan fingerprint density at radius 2 is 2.04 bits per heavy atom. The topological polar surface area (TPSA) is 50.4 Å². The Morgan fingerprint density at radius 3 is 2.71 bits per heavy atom. The number of amides is 1. The summed E-state index contributed by atoms with van der Waals surface area (Å²) in [5, 5.41) is 6.69. The molecule has 0 aliphatic carbocycles. The van der Waals surface area contributed by atoms with Crippen molar-refractivity contribution in [1.29, 1.82) is 0 Å². The molecule has 0 heterocycles. The predicted octanol–water partition coefficient (Wildman–Crippen LogP) is 4.66. The van der Waals surface area contributed by atoms with Crippen LogP contribution in [0.15, 0.2) is 36.4 Å². The molecule has 0 bridgehead atoms. The molecule has 4 nitrogen and oxygen atoms in total. The first-order chi connectivity index (χ1) is 11.5. The Labute approximate surface area is 148 Å². The van der Waals surface area contributed by atoms with E-state index in [9.17, 15) is 4.79 Å². The van der Waals surface area contributed by atoms with Gasteiger partial charge in [0.1, 0.15) is 5.75 Å². The summed E-state index contributed by atoms with van der Waals surface area (Å²) in [7, 11) is 1.56. The number of anilines is 2. The van der Waals surface area contributed by atoms with Gasteiger partial charge in [0.05, 0.1) is 12.1 Å². The van der Waals surface area contributed by atoms with Gasteiger partial charge in [-0.25, -0.2) is 0 Å². The summed E-state index contributed by atoms with van der Waals surface area (Å²) in [6.45, 7) is 4.77. The van der Waals surface area contributed by atoms with E-state index in [1.807, 2.05) is 0 Å². The molecule has 24 heavy (non-hydrogen) atoms. The SMILES string of the molecule is CCc1cccc(C)c1NCCC(=O)Nc1ccc(OC)c(Cl)c1. The number of hydrogen-bond donors (Lipinski definition) is 2. The van der Waals surface area contributed by atoms with Crippen LogP contribution in [0.4, 0.5) is 11.4 Å². The maximum atomic E-state index is 12.1. The van der Waals surface area contributed by atoms with E-state index in [-0.39, 0.29) is 5.91 Å². The minimum absolute atomic E-state index is 0.0598. The van der Waals surface area contributed by atoms with E-state index in [1.165, 1.54) is 11.1 Å². The molecule has 0 saturated heterocycles. The average Bonchev–Trinajstić information content (AvgIpc) is 2.56. The van der Waals surface area contributed by atoms with Crippen LogP contribution in [-0.2, 0) is 11.2 Å². The molecule has 128 valence electrons. The van der Waals surface area contributed by atoms with Crippen LogP contribution in [0.2, 0.25) is 5.02 Å². The Kier molecular flexibility index (Phi) is 6.50. The molecule has 0 saturated carbocycles. The first-order valence-corrected chi connectivity index (χ1v) is 8.38. The number of carbonyl (C=O) groups is 1. The maximum absolute atomic E-state index is 12.1. The van der Waals surface area contributed by atoms with Crippen molar-refractivity contribution < 1.29 is 9.53 Å². The van der Waals surface area contributed by atoms with E-state index in [4.69, 9.17) is 16.3 Å². The second-order valence-electron chi connectivity index (χ2n) is 5.54. The van der Waals surface area contributed by atoms with Gasteiger partial charge >= 0.3 is 0 Å². The average molecular weight is 347 g/mol. The van der Waals surface area contributed by atoms with Crippen LogP contribution in [-0.4, -0.2) is 19.6 Å². The molecule has 0 aliphatic heterocycles. The van der Waals surface area contributed by atoms with E-state index in [1.54, 1.807) is 25.3 Å². The van der Waals surface area contributed by atoms with Crippen LogP contribution in [0, 0.1) is 6.92 Å². The predicted molar refractivity (Wildman–Crippen MR) is 100 cm³/mol. The van der Waals surface area contributed by atoms with Crippen molar-refractivity contribution in [1.82, 2.24) is 0 Å². The zero-order valence-electron chi connectivity index (χ0n) is 14.3. The van der Waals surface area contributed by atoms with Crippen LogP contribution in [0.3, 0.4) is 0 Å². The molecule has 0 spiro atoms. The summed E-state index contributed by atoms with van der Waals surface area (Å²) in [6, 6.07) is 11.4. The maximum Gasteiger partial charge on any atom is 0.226 e. The van der Waals surface area contributed by atoms with E-state index in [0.717, 1.165) is 12.1 Å². The molecule has 2 aromatic carbocycles. The highest BCUT2D eigenvalue weighted by Gasteiger charge is 2.07. The lowest BCUT2D eigenvalue weighted by atomic mass is 10.1. The Bertz CT molecular complexity index is 717. The third kappa shape index (κ3) is 4.65. The van der Waals surface area contributed by atoms with Crippen LogP contribution >= 0.6 is 11.6 Å². The molecule has 2 N–H and O–H groups in total. The van der Waals surface area contributed by atoms with Gasteiger partial charge in [0.25, 0.3) is 0 Å². The molecule has 0 radical (unpaired) electrons. The van der Waals surface area contributed by atoms with Crippen LogP contribution in [0.1, 0.15) is 24.5 Å². The van der Waals surface area contributed by atoms with E-state index < -0.39 is 0 Å². The van der Waals surface area contributed by atoms with Crippen molar-refractivity contribution in [3.63, 3.8) is 0 Å². The van der Waals surface area contributed by atoms with Gasteiger partial charge in [-0.3, -0.25) is 4.79 Å². The highest BCUT2D eigenvalue weighted by Crippen LogP contribution is 2.27. The Balaban J connectivity index is 1.89. The van der Waals surface area contributed by atoms with Crippen LogP contribution < -0.4 is 15.4 Å². The van der Waals surface area contributed by atoms with Crippen LogP contribution in [0.5, 0.6) is 5.75 Å². The highest BCUT2D eigenvalue weighted by atomic mass is 35.5. The van der Waals surface area contributed by atoms with Crippen molar-refractivity contribution in [3.8, 4) is 5.75 Å². The number of rotatable bonds is 7. The van der Waals surface area contributed by atoms with Gasteiger partial charge in [-0.1, -0.05) is 36.7 Å². The van der Waals surface area contributed by atoms with E-state index in [2.05, 4.69) is 42.7 Å². The second kappa shape index (κ2) is 8.60. The second-order valence-corrected chi connectivity index (χ2v) is 5.94. The Morgan fingerprint density at radius 1 is 1.25 bits per heavy atom. The number of aryl methyl sites for hydroxylation is 2. The van der Waals surface area contributed by atoms with Gasteiger partial charge in [0, 0.05) is 24.3 Å². The summed E-state index contributed by atoms with van der Waals surface area (Å²) < 4.78 is 5.10. The standard InChI is InChI=1S/C19H23ClN2O2/c1-4-14-7-5-6-13(2)19(14)21-11-10-18(23)22-15-8-9-17(24-3)16(20)12-15/h5-9,12,21H,4,10-11H2,1-3H3,(H,22,23). The quantitative estimate of drug-likeness (QED) is 0.766. The molecular formula is C19H23ClN2O2. The monoisotopic (exact) mass is 346 g/mol. The van der Waals surface area contributed by atoms with Crippen molar-refractivity contribution in [2.24, 2.45) is 0 Å². The van der Waals surface area contributed by atoms with Crippen LogP contribution in [0.25, 0.3) is 0 Å². The van der Waals surface area contributed by atoms with E-state index >= 15 is 0 Å². The van der Waals surface area contributed by atoms with Crippen molar-refractivity contribution in [2.45, 2.75) is 26.7 Å². The number of hydrogen-bond acceptors (Lipinski definition) is 3. The molecule has 0 aromatic heterocycles. The van der Waals surface area contributed by atoms with Gasteiger partial charge in [0.2, 0.25) is 5.91 Å². The molecule has 0 aliphatic rings. The fraction of sp³-hybridized carbons (Fsp3) is 0.316. The lowest BCUT2D eigenvalue weighted by molar-refractivity contribution is -0.115. The van der Waals surface area contributed by atoms with Gasteiger partial charge in [-0.2, -0.15) is 0 Å². The minimum Gasteiger partial charge on any atom is -0.495 e. The number of methoxy groups -OCH3 is 1. The van der Waals surface area contributed by atoms with E-state index in [0.29, 0.717) is 29.4 Å². The number of benzene rings is 2. The van der Waals surface area contributed by atoms with Gasteiger partial charge in [-0.05, 0) is 42.7 Å². The molecule has 5 heteroatoms. The summed E-state index contributed by atoms with van der Waals surface area (Å²) in [5.41, 5.74) is 4.24. The molecule has 1 amide bonds. The molecule has 0 atom stereocenters. The van der Waals surface area contributed by atoms with Gasteiger partial charge < -0.3 is 15.4 Å². The summed E-state index contributed by atoms with van der Waals surface area (Å²) >= 11 is 6.06. The first kappa shape index (κ1) is 18.1. The summed E-state index contributed by atoms with van der Waals surface area (Å²) in [5.74, 6) is 0.526. The van der Waals surface area contributed by atoms with Crippen molar-refractivity contribution >= 4 is 28.9 Å². The lowest BCUT2D eigenvalue weighted by Crippen LogP contribution is -2.17. The summed E-state index contributed by atoms with van der Waals surface area (Å²) in [4.78, 5) is 12.1. The molecular weight excluding hydrogens is 324 g/mol. The Hall–Kier alpha value is -2.20. The number of halogens is 1. The molecule has 2 aromatic rings. The fourth-order valence-electron chi connectivity index (χ4n) is 2.54.